The van der Waals surface area contributed by atoms with E-state index in [1.807, 2.05) is 0 Å². The van der Waals surface area contributed by atoms with Crippen molar-refractivity contribution in [3.63, 3.8) is 0 Å². The van der Waals surface area contributed by atoms with Crippen LogP contribution in [0, 0.1) is 5.92 Å². The van der Waals surface area contributed by atoms with Gasteiger partial charge in [-0.15, -0.1) is 0 Å². The van der Waals surface area contributed by atoms with Crippen LogP contribution in [0.5, 0.6) is 0 Å². The van der Waals surface area contributed by atoms with Crippen molar-refractivity contribution in [1.29, 1.82) is 0 Å². The fraction of sp³-hybridized carbons (Fsp3) is 0.478. The monoisotopic (exact) mass is 338 g/mol. The fourth-order valence-corrected chi connectivity index (χ4v) is 3.21. The summed E-state index contributed by atoms with van der Waals surface area (Å²) in [6, 6.07) is 20.0. The van der Waals surface area contributed by atoms with Gasteiger partial charge in [0.25, 0.3) is 0 Å². The minimum absolute atomic E-state index is 0.696. The topological polar surface area (TPSA) is 6.48 Å². The zero-order chi connectivity index (χ0) is 18.1. The van der Waals surface area contributed by atoms with Crippen molar-refractivity contribution in [2.24, 2.45) is 5.92 Å². The third-order valence-electron chi connectivity index (χ3n) is 4.47. The van der Waals surface area contributed by atoms with Gasteiger partial charge >= 0.3 is 0 Å². The van der Waals surface area contributed by atoms with Crippen LogP contribution in [0.1, 0.15) is 31.4 Å². The number of rotatable bonds is 10. The first-order valence-electron chi connectivity index (χ1n) is 9.57. The van der Waals surface area contributed by atoms with Gasteiger partial charge in [-0.05, 0) is 69.1 Å². The second-order valence-corrected chi connectivity index (χ2v) is 7.65. The molecular weight excluding hydrogens is 304 g/mol. The first kappa shape index (κ1) is 19.5. The van der Waals surface area contributed by atoms with Gasteiger partial charge in [0.05, 0.1) is 0 Å². The number of hydrogen-bond acceptors (Lipinski definition) is 2. The van der Waals surface area contributed by atoms with Crippen LogP contribution in [0.3, 0.4) is 0 Å². The average Bonchev–Trinajstić information content (AvgIpc) is 2.58. The van der Waals surface area contributed by atoms with Crippen LogP contribution in [0.2, 0.25) is 0 Å². The van der Waals surface area contributed by atoms with Gasteiger partial charge in [-0.3, -0.25) is 0 Å². The van der Waals surface area contributed by atoms with E-state index in [9.17, 15) is 0 Å². The Morgan fingerprint density at radius 1 is 0.800 bits per heavy atom. The standard InChI is InChI=1S/C23H34N2/c1-20(2)18-22-12-8-13-23(19-22)25(16-9-15-24(3)4)17-14-21-10-6-5-7-11-21/h5-8,10-13,19-20H,9,14-18H2,1-4H3. The van der Waals surface area contributed by atoms with Crippen molar-refractivity contribution in [2.75, 3.05) is 38.6 Å². The molecule has 0 aliphatic heterocycles. The van der Waals surface area contributed by atoms with Gasteiger partial charge in [0.1, 0.15) is 0 Å². The maximum Gasteiger partial charge on any atom is 0.0369 e. The van der Waals surface area contributed by atoms with Crippen molar-refractivity contribution in [3.8, 4) is 0 Å². The van der Waals surface area contributed by atoms with Crippen LogP contribution in [-0.2, 0) is 12.8 Å². The lowest BCUT2D eigenvalue weighted by atomic mass is 10.0. The molecule has 2 aromatic rings. The van der Waals surface area contributed by atoms with Crippen molar-refractivity contribution >= 4 is 5.69 Å². The average molecular weight is 339 g/mol. The van der Waals surface area contributed by atoms with Gasteiger partial charge in [-0.1, -0.05) is 56.3 Å². The summed E-state index contributed by atoms with van der Waals surface area (Å²) in [4.78, 5) is 4.82. The molecule has 2 aromatic carbocycles. The normalized spacial score (nSPS) is 11.3. The van der Waals surface area contributed by atoms with Gasteiger partial charge < -0.3 is 9.80 Å². The molecule has 0 saturated carbocycles. The minimum atomic E-state index is 0.696. The molecule has 25 heavy (non-hydrogen) atoms. The molecular formula is C23H34N2. The lowest BCUT2D eigenvalue weighted by Gasteiger charge is -2.26. The molecule has 136 valence electrons. The van der Waals surface area contributed by atoms with Crippen LogP contribution in [0.15, 0.2) is 54.6 Å². The summed E-state index contributed by atoms with van der Waals surface area (Å²) in [5.41, 5.74) is 4.23. The molecule has 0 atom stereocenters. The number of hydrogen-bond donors (Lipinski definition) is 0. The molecule has 0 aromatic heterocycles. The van der Waals surface area contributed by atoms with Gasteiger partial charge in [-0.25, -0.2) is 0 Å². The molecule has 0 saturated heterocycles. The molecule has 0 radical (unpaired) electrons. The van der Waals surface area contributed by atoms with Crippen molar-refractivity contribution in [2.45, 2.75) is 33.1 Å². The molecule has 2 nitrogen and oxygen atoms in total. The zero-order valence-corrected chi connectivity index (χ0v) is 16.4. The minimum Gasteiger partial charge on any atom is -0.371 e. The number of benzene rings is 2. The van der Waals surface area contributed by atoms with Crippen LogP contribution < -0.4 is 4.90 Å². The molecule has 0 fully saturated rings. The summed E-state index contributed by atoms with van der Waals surface area (Å²) in [6.45, 7) is 7.89. The predicted molar refractivity (Wildman–Crippen MR) is 111 cm³/mol. The highest BCUT2D eigenvalue weighted by Gasteiger charge is 2.09. The second kappa shape index (κ2) is 10.2. The van der Waals surface area contributed by atoms with Crippen LogP contribution in [-0.4, -0.2) is 38.6 Å². The maximum atomic E-state index is 2.56. The van der Waals surface area contributed by atoms with E-state index in [4.69, 9.17) is 0 Å². The summed E-state index contributed by atoms with van der Waals surface area (Å²) in [6.07, 6.45) is 3.44. The van der Waals surface area contributed by atoms with E-state index in [-0.39, 0.29) is 0 Å². The molecule has 0 heterocycles. The van der Waals surface area contributed by atoms with Crippen LogP contribution >= 0.6 is 0 Å². The van der Waals surface area contributed by atoms with Crippen LogP contribution in [0.25, 0.3) is 0 Å². The smallest absolute Gasteiger partial charge is 0.0369 e. The molecule has 0 bridgehead atoms. The van der Waals surface area contributed by atoms with E-state index >= 15 is 0 Å². The SMILES string of the molecule is CC(C)Cc1cccc(N(CCCN(C)C)CCc2ccccc2)c1. The van der Waals surface area contributed by atoms with Gasteiger partial charge in [0.15, 0.2) is 0 Å². The van der Waals surface area contributed by atoms with Crippen molar-refractivity contribution < 1.29 is 0 Å². The van der Waals surface area contributed by atoms with E-state index < -0.39 is 0 Å². The largest absolute Gasteiger partial charge is 0.371 e. The zero-order valence-electron chi connectivity index (χ0n) is 16.4. The summed E-state index contributed by atoms with van der Waals surface area (Å²) in [5.74, 6) is 0.696. The van der Waals surface area contributed by atoms with Gasteiger partial charge in [-0.2, -0.15) is 0 Å². The Hall–Kier alpha value is -1.80. The molecule has 0 aliphatic rings. The highest BCUT2D eigenvalue weighted by atomic mass is 15.1. The molecule has 2 rings (SSSR count). The number of nitrogens with zero attached hydrogens (tertiary/aromatic N) is 2. The van der Waals surface area contributed by atoms with E-state index in [1.165, 1.54) is 23.2 Å². The highest BCUT2D eigenvalue weighted by molar-refractivity contribution is 5.49. The molecule has 0 amide bonds. The second-order valence-electron chi connectivity index (χ2n) is 7.65. The van der Waals surface area contributed by atoms with E-state index in [1.54, 1.807) is 0 Å². The summed E-state index contributed by atoms with van der Waals surface area (Å²) in [5, 5.41) is 0. The Bertz CT molecular complexity index is 604. The van der Waals surface area contributed by atoms with Crippen molar-refractivity contribution in [3.05, 3.63) is 65.7 Å². The van der Waals surface area contributed by atoms with E-state index in [0.29, 0.717) is 5.92 Å². The van der Waals surface area contributed by atoms with E-state index in [2.05, 4.69) is 92.3 Å². The summed E-state index contributed by atoms with van der Waals surface area (Å²) < 4.78 is 0. The molecule has 0 aliphatic carbocycles. The van der Waals surface area contributed by atoms with Gasteiger partial charge in [0, 0.05) is 18.8 Å². The summed E-state index contributed by atoms with van der Waals surface area (Å²) >= 11 is 0. The molecule has 0 spiro atoms. The Kier molecular flexibility index (Phi) is 8.00. The summed E-state index contributed by atoms with van der Waals surface area (Å²) in [7, 11) is 4.30. The van der Waals surface area contributed by atoms with Crippen molar-refractivity contribution in [1.82, 2.24) is 4.90 Å². The molecule has 0 N–H and O–H groups in total. The Morgan fingerprint density at radius 3 is 2.20 bits per heavy atom. The first-order chi connectivity index (χ1) is 12.0. The Morgan fingerprint density at radius 2 is 1.52 bits per heavy atom. The quantitative estimate of drug-likeness (QED) is 0.609. The van der Waals surface area contributed by atoms with Crippen LogP contribution in [0.4, 0.5) is 5.69 Å². The van der Waals surface area contributed by atoms with E-state index in [0.717, 1.165) is 32.5 Å². The predicted octanol–water partition coefficient (Wildman–Crippen LogP) is 4.89. The highest BCUT2D eigenvalue weighted by Crippen LogP contribution is 2.19. The molecule has 2 heteroatoms. The third-order valence-corrected chi connectivity index (χ3v) is 4.47. The maximum absolute atomic E-state index is 2.56. The first-order valence-corrected chi connectivity index (χ1v) is 9.57. The number of anilines is 1. The van der Waals surface area contributed by atoms with Gasteiger partial charge in [0.2, 0.25) is 0 Å². The molecule has 0 unspecified atom stereocenters. The Balaban J connectivity index is 2.07. The lowest BCUT2D eigenvalue weighted by molar-refractivity contribution is 0.400. The Labute approximate surface area is 154 Å². The fourth-order valence-electron chi connectivity index (χ4n) is 3.21. The third kappa shape index (κ3) is 7.31. The lowest BCUT2D eigenvalue weighted by Crippen LogP contribution is -2.29.